The smallest absolute Gasteiger partial charge is 0.208 e. The van der Waals surface area contributed by atoms with Crippen LogP contribution in [0.2, 0.25) is 6.32 Å². The molecular formula is C12H23BN5. The molecule has 5 nitrogen and oxygen atoms in total. The van der Waals surface area contributed by atoms with Crippen molar-refractivity contribution >= 4 is 7.41 Å². The molecule has 0 spiro atoms. The van der Waals surface area contributed by atoms with Crippen LogP contribution < -0.4 is 0 Å². The number of nitrogens with zero attached hydrogens (tertiary/aromatic N) is 5. The standard InChI is InChI=1S/C12H23BN5/c1-3-12-11-18(15-14-12)10-7-16-5-8-17(9-6-16)13-4-2/h11H,3-10H2,1-2H3. The molecule has 1 aliphatic heterocycles. The molecule has 1 radical (unpaired) electrons. The zero-order valence-corrected chi connectivity index (χ0v) is 11.5. The third-order valence-corrected chi connectivity index (χ3v) is 3.44. The second-order valence-electron chi connectivity index (χ2n) is 4.79. The van der Waals surface area contributed by atoms with Crippen molar-refractivity contribution in [2.75, 3.05) is 32.7 Å². The Kier molecular flexibility index (Phi) is 5.19. The molecule has 1 aromatic heterocycles. The Morgan fingerprint density at radius 3 is 2.56 bits per heavy atom. The number of aromatic nitrogens is 3. The van der Waals surface area contributed by atoms with Crippen molar-refractivity contribution in [1.82, 2.24) is 24.7 Å². The quantitative estimate of drug-likeness (QED) is 0.688. The maximum absolute atomic E-state index is 4.14. The zero-order valence-electron chi connectivity index (χ0n) is 11.5. The van der Waals surface area contributed by atoms with Gasteiger partial charge in [0, 0.05) is 25.8 Å². The summed E-state index contributed by atoms with van der Waals surface area (Å²) in [4.78, 5) is 4.94. The molecular weight excluding hydrogens is 225 g/mol. The fourth-order valence-corrected chi connectivity index (χ4v) is 2.28. The molecule has 1 fully saturated rings. The molecule has 0 atom stereocenters. The van der Waals surface area contributed by atoms with Gasteiger partial charge >= 0.3 is 0 Å². The van der Waals surface area contributed by atoms with Crippen LogP contribution in [0.4, 0.5) is 0 Å². The minimum atomic E-state index is 0.949. The van der Waals surface area contributed by atoms with Crippen LogP contribution in [-0.2, 0) is 13.0 Å². The predicted octanol–water partition coefficient (Wildman–Crippen LogP) is 0.515. The summed E-state index contributed by atoms with van der Waals surface area (Å²) >= 11 is 0. The fraction of sp³-hybridized carbons (Fsp3) is 0.833. The van der Waals surface area contributed by atoms with Gasteiger partial charge in [-0.15, -0.1) is 5.10 Å². The maximum atomic E-state index is 4.14. The Bertz CT molecular complexity index is 346. The van der Waals surface area contributed by atoms with E-state index < -0.39 is 0 Å². The first kappa shape index (κ1) is 13.6. The van der Waals surface area contributed by atoms with Crippen LogP contribution in [-0.4, -0.2) is 64.8 Å². The van der Waals surface area contributed by atoms with E-state index >= 15 is 0 Å². The molecule has 2 heterocycles. The van der Waals surface area contributed by atoms with E-state index in [4.69, 9.17) is 0 Å². The summed E-state index contributed by atoms with van der Waals surface area (Å²) in [7, 11) is 2.31. The Morgan fingerprint density at radius 1 is 1.17 bits per heavy atom. The van der Waals surface area contributed by atoms with Gasteiger partial charge in [0.05, 0.1) is 12.2 Å². The van der Waals surface area contributed by atoms with Crippen molar-refractivity contribution in [2.24, 2.45) is 0 Å². The zero-order chi connectivity index (χ0) is 12.8. The Morgan fingerprint density at radius 2 is 1.94 bits per heavy atom. The van der Waals surface area contributed by atoms with Gasteiger partial charge in [-0.3, -0.25) is 9.58 Å². The van der Waals surface area contributed by atoms with E-state index in [1.54, 1.807) is 0 Å². The molecule has 0 saturated carbocycles. The summed E-state index contributed by atoms with van der Waals surface area (Å²) in [6.45, 7) is 11.0. The fourth-order valence-electron chi connectivity index (χ4n) is 2.28. The molecule has 18 heavy (non-hydrogen) atoms. The molecule has 99 valence electrons. The number of piperazine rings is 1. The molecule has 0 bridgehead atoms. The molecule has 2 rings (SSSR count). The number of hydrogen-bond acceptors (Lipinski definition) is 4. The van der Waals surface area contributed by atoms with Gasteiger partial charge in [-0.25, -0.2) is 0 Å². The minimum absolute atomic E-state index is 0.949. The molecule has 0 aliphatic carbocycles. The lowest BCUT2D eigenvalue weighted by Crippen LogP contribution is -2.48. The molecule has 1 saturated heterocycles. The van der Waals surface area contributed by atoms with E-state index in [0.717, 1.165) is 57.7 Å². The maximum Gasteiger partial charge on any atom is 0.208 e. The van der Waals surface area contributed by atoms with Crippen LogP contribution in [0.1, 0.15) is 19.5 Å². The van der Waals surface area contributed by atoms with Gasteiger partial charge in [0.1, 0.15) is 0 Å². The van der Waals surface area contributed by atoms with Crippen LogP contribution in [0, 0.1) is 0 Å². The van der Waals surface area contributed by atoms with Crippen molar-refractivity contribution in [3.8, 4) is 0 Å². The summed E-state index contributed by atoms with van der Waals surface area (Å²) in [6, 6.07) is 0. The third-order valence-electron chi connectivity index (χ3n) is 3.44. The average Bonchev–Trinajstić information content (AvgIpc) is 2.86. The van der Waals surface area contributed by atoms with Crippen LogP contribution >= 0.6 is 0 Å². The molecule has 0 aromatic carbocycles. The first-order chi connectivity index (χ1) is 8.81. The van der Waals surface area contributed by atoms with Crippen LogP contribution in [0.25, 0.3) is 0 Å². The Balaban J connectivity index is 1.68. The van der Waals surface area contributed by atoms with Gasteiger partial charge in [-0.05, 0) is 19.5 Å². The van der Waals surface area contributed by atoms with Crippen molar-refractivity contribution in [2.45, 2.75) is 33.1 Å². The summed E-state index contributed by atoms with van der Waals surface area (Å²) in [5.74, 6) is 0. The SMILES string of the molecule is CC[B]N1CCN(CCn2cc(CC)nn2)CC1. The summed E-state index contributed by atoms with van der Waals surface area (Å²) in [5.41, 5.74) is 1.08. The number of rotatable bonds is 6. The molecule has 1 aliphatic rings. The van der Waals surface area contributed by atoms with E-state index in [2.05, 4.69) is 47.5 Å². The third kappa shape index (κ3) is 3.81. The van der Waals surface area contributed by atoms with Gasteiger partial charge in [-0.1, -0.05) is 25.4 Å². The van der Waals surface area contributed by atoms with E-state index in [0.29, 0.717) is 0 Å². The molecule has 0 amide bonds. The highest BCUT2D eigenvalue weighted by Crippen LogP contribution is 2.02. The van der Waals surface area contributed by atoms with Crippen molar-refractivity contribution in [3.05, 3.63) is 11.9 Å². The molecule has 0 N–H and O–H groups in total. The first-order valence-electron chi connectivity index (χ1n) is 7.00. The van der Waals surface area contributed by atoms with E-state index in [1.807, 2.05) is 4.68 Å². The van der Waals surface area contributed by atoms with Gasteiger partial charge in [0.2, 0.25) is 7.41 Å². The molecule has 1 aromatic rings. The monoisotopic (exact) mass is 248 g/mol. The second-order valence-corrected chi connectivity index (χ2v) is 4.79. The Hall–Kier alpha value is -0.875. The van der Waals surface area contributed by atoms with Crippen LogP contribution in [0.15, 0.2) is 6.20 Å². The largest absolute Gasteiger partial charge is 0.344 e. The van der Waals surface area contributed by atoms with E-state index in [1.165, 1.54) is 0 Å². The summed E-state index contributed by atoms with van der Waals surface area (Å²) in [5, 5.41) is 8.26. The molecule has 0 unspecified atom stereocenters. The van der Waals surface area contributed by atoms with E-state index in [9.17, 15) is 0 Å². The lowest BCUT2D eigenvalue weighted by Gasteiger charge is -2.34. The number of aryl methyl sites for hydroxylation is 1. The van der Waals surface area contributed by atoms with Crippen molar-refractivity contribution in [3.63, 3.8) is 0 Å². The summed E-state index contributed by atoms with van der Waals surface area (Å²) in [6.07, 6.45) is 4.16. The van der Waals surface area contributed by atoms with Crippen molar-refractivity contribution in [1.29, 1.82) is 0 Å². The second kappa shape index (κ2) is 6.90. The first-order valence-corrected chi connectivity index (χ1v) is 7.00. The summed E-state index contributed by atoms with van der Waals surface area (Å²) < 4.78 is 1.96. The topological polar surface area (TPSA) is 37.2 Å². The van der Waals surface area contributed by atoms with Gasteiger partial charge in [0.25, 0.3) is 0 Å². The van der Waals surface area contributed by atoms with Crippen LogP contribution in [0.3, 0.4) is 0 Å². The normalized spacial score (nSPS) is 18.1. The van der Waals surface area contributed by atoms with Gasteiger partial charge in [0.15, 0.2) is 0 Å². The van der Waals surface area contributed by atoms with Gasteiger partial charge < -0.3 is 4.81 Å². The van der Waals surface area contributed by atoms with Gasteiger partial charge in [-0.2, -0.15) is 0 Å². The van der Waals surface area contributed by atoms with Crippen molar-refractivity contribution < 1.29 is 0 Å². The average molecular weight is 248 g/mol. The lowest BCUT2D eigenvalue weighted by atomic mass is 9.86. The minimum Gasteiger partial charge on any atom is -0.344 e. The number of hydrogen-bond donors (Lipinski definition) is 0. The Labute approximate surface area is 110 Å². The van der Waals surface area contributed by atoms with Crippen LogP contribution in [0.5, 0.6) is 0 Å². The van der Waals surface area contributed by atoms with E-state index in [-0.39, 0.29) is 0 Å². The molecule has 6 heteroatoms. The highest BCUT2D eigenvalue weighted by Gasteiger charge is 2.16. The predicted molar refractivity (Wildman–Crippen MR) is 73.6 cm³/mol. The lowest BCUT2D eigenvalue weighted by molar-refractivity contribution is 0.181. The highest BCUT2D eigenvalue weighted by atomic mass is 15.4. The highest BCUT2D eigenvalue weighted by molar-refractivity contribution is 6.31.